The summed E-state index contributed by atoms with van der Waals surface area (Å²) < 4.78 is 141. The zero-order chi connectivity index (χ0) is 59.8. The highest BCUT2D eigenvalue weighted by Crippen LogP contribution is 2.51. The van der Waals surface area contributed by atoms with Crippen LogP contribution in [0.4, 0.5) is 17.1 Å². The average Bonchev–Trinajstić information content (AvgIpc) is 3.62. The fraction of sp³-hybridized carbons (Fsp3) is 0.393. The number of hydrogen-bond donors (Lipinski definition) is 5. The van der Waals surface area contributed by atoms with Gasteiger partial charge in [0.1, 0.15) is 17.2 Å². The molecule has 5 N–H and O–H groups in total. The van der Waals surface area contributed by atoms with E-state index in [9.17, 15) is 61.5 Å². The van der Waals surface area contributed by atoms with Gasteiger partial charge in [0, 0.05) is 71.5 Å². The first-order chi connectivity index (χ1) is 38.5. The lowest BCUT2D eigenvalue weighted by atomic mass is 9.75. The van der Waals surface area contributed by atoms with E-state index in [0.717, 1.165) is 27.8 Å². The van der Waals surface area contributed by atoms with Crippen molar-refractivity contribution < 1.29 is 66.0 Å². The Kier molecular flexibility index (Phi) is 19.7. The summed E-state index contributed by atoms with van der Waals surface area (Å²) >= 11 is 0. The Morgan fingerprint density at radius 3 is 2.11 bits per heavy atom. The van der Waals surface area contributed by atoms with Crippen LogP contribution in [-0.4, -0.2) is 111 Å². The number of allylic oxidation sites excluding steroid dienone is 8. The number of carbonyl (C=O) groups excluding carboxylic acids is 2. The van der Waals surface area contributed by atoms with Gasteiger partial charge < -0.3 is 20.1 Å². The van der Waals surface area contributed by atoms with Crippen molar-refractivity contribution >= 4 is 80.6 Å². The molecule has 3 aliphatic rings. The van der Waals surface area contributed by atoms with Gasteiger partial charge >= 0.3 is 0 Å². The summed E-state index contributed by atoms with van der Waals surface area (Å²) in [6.45, 7) is 3.92. The molecule has 3 aromatic carbocycles. The van der Waals surface area contributed by atoms with E-state index >= 15 is 0 Å². The van der Waals surface area contributed by atoms with Crippen molar-refractivity contribution in [1.82, 2.24) is 10.3 Å². The number of nitrogens with zero attached hydrogens (tertiary/aromatic N) is 6. The summed E-state index contributed by atoms with van der Waals surface area (Å²) in [5, 5.41) is 8.97. The molecule has 82 heavy (non-hydrogen) atoms. The van der Waals surface area contributed by atoms with Gasteiger partial charge in [-0.05, 0) is 166 Å². The monoisotopic (exact) mass is 1200 g/mol. The van der Waals surface area contributed by atoms with E-state index in [1.54, 1.807) is 38.4 Å². The number of pyridine rings is 1. The fourth-order valence-electron chi connectivity index (χ4n) is 11.2. The Labute approximate surface area is 478 Å². The van der Waals surface area contributed by atoms with Gasteiger partial charge in [-0.3, -0.25) is 28.2 Å². The number of likely N-dealkylation sites (N-methyl/N-ethyl adjacent to an activating group) is 1. The van der Waals surface area contributed by atoms with Crippen molar-refractivity contribution in [1.29, 1.82) is 0 Å². The molecule has 0 saturated carbocycles. The molecular formula is C56H66N8O14S4. The molecular weight excluding hydrogens is 1140 g/mol. The Balaban J connectivity index is 1.18. The van der Waals surface area contributed by atoms with Gasteiger partial charge in [-0.1, -0.05) is 41.5 Å². The quantitative estimate of drug-likeness (QED) is 0.0103. The number of unbranched alkanes of at least 4 members (excludes halogenated alkanes) is 1. The third-order valence-corrected chi connectivity index (χ3v) is 18.6. The lowest BCUT2D eigenvalue weighted by Gasteiger charge is -2.29. The highest BCUT2D eigenvalue weighted by molar-refractivity contribution is 7.86. The number of fused-ring (bicyclic) bond motifs is 2. The molecule has 4 aromatic rings. The Hall–Kier alpha value is -6.87. The fourth-order valence-corrected chi connectivity index (χ4v) is 13.2. The van der Waals surface area contributed by atoms with Gasteiger partial charge in [0.2, 0.25) is 17.5 Å². The van der Waals surface area contributed by atoms with Crippen LogP contribution >= 0.6 is 0 Å². The van der Waals surface area contributed by atoms with Gasteiger partial charge in [-0.25, -0.2) is 8.42 Å². The summed E-state index contributed by atoms with van der Waals surface area (Å²) in [6, 6.07) is 19.7. The number of benzene rings is 3. The van der Waals surface area contributed by atoms with Crippen LogP contribution in [-0.2, 0) is 73.9 Å². The predicted octanol–water partition coefficient (Wildman–Crippen LogP) is 8.63. The minimum absolute atomic E-state index is 0.00724. The molecule has 0 spiro atoms. The van der Waals surface area contributed by atoms with E-state index < -0.39 is 67.7 Å². The molecule has 2 aliphatic heterocycles. The molecule has 1 aliphatic carbocycles. The lowest BCUT2D eigenvalue weighted by Crippen LogP contribution is -2.31. The summed E-state index contributed by atoms with van der Waals surface area (Å²) in [7, 11) is -14.6. The average molecular weight is 1200 g/mol. The summed E-state index contributed by atoms with van der Waals surface area (Å²) in [5.41, 5.74) is 15.7. The first-order valence-corrected chi connectivity index (χ1v) is 32.5. The van der Waals surface area contributed by atoms with E-state index in [4.69, 9.17) is 5.53 Å². The van der Waals surface area contributed by atoms with E-state index in [2.05, 4.69) is 25.6 Å². The number of azide groups is 1. The molecule has 2 atom stereocenters. The first-order valence-electron chi connectivity index (χ1n) is 26.4. The Bertz CT molecular complexity index is 3820. The highest BCUT2D eigenvalue weighted by Gasteiger charge is 2.47. The maximum absolute atomic E-state index is 12.7. The van der Waals surface area contributed by atoms with Gasteiger partial charge in [0.15, 0.2) is 5.71 Å². The predicted molar refractivity (Wildman–Crippen MR) is 309 cm³/mol. The van der Waals surface area contributed by atoms with Crippen LogP contribution in [0, 0.1) is 0 Å². The van der Waals surface area contributed by atoms with Gasteiger partial charge in [-0.15, -0.1) is 0 Å². The summed E-state index contributed by atoms with van der Waals surface area (Å²) in [6.07, 6.45) is 13.8. The van der Waals surface area contributed by atoms with Crippen LogP contribution in [0.25, 0.3) is 16.0 Å². The molecule has 22 nitrogen and oxygen atoms in total. The molecule has 0 saturated heterocycles. The van der Waals surface area contributed by atoms with Gasteiger partial charge in [0.05, 0.1) is 45.1 Å². The summed E-state index contributed by atoms with van der Waals surface area (Å²) in [5.74, 6) is -1.59. The molecule has 26 heteroatoms. The Morgan fingerprint density at radius 1 is 0.805 bits per heavy atom. The van der Waals surface area contributed by atoms with Crippen LogP contribution < -0.4 is 15.5 Å². The SMILES string of the molecule is CN1C(=C/C=C2\CCCC(/C=C/C3=[N+](C)c4ccc(S(=O)(=O)[O-])cc4C3(C)CCCS(=O)(=O)O)=C2c2ccc(CCCCC(=O)NCCC(=O)Nc3ccc(CN=[N+]=[N-])nc3)cc2)C(C)(CCCS(=O)(=O)O)c2cc(S(=O)(=O)O)ccc21. The third-order valence-electron chi connectivity index (χ3n) is 15.3. The van der Waals surface area contributed by atoms with E-state index in [0.29, 0.717) is 83.8 Å². The largest absolute Gasteiger partial charge is 0.744 e. The van der Waals surface area contributed by atoms with Crippen LogP contribution in [0.1, 0.15) is 112 Å². The zero-order valence-electron chi connectivity index (χ0n) is 45.8. The highest BCUT2D eigenvalue weighted by atomic mass is 32.2. The van der Waals surface area contributed by atoms with Crippen molar-refractivity contribution in [2.75, 3.05) is 42.4 Å². The molecule has 0 radical (unpaired) electrons. The van der Waals surface area contributed by atoms with E-state index in [-0.39, 0.29) is 68.3 Å². The minimum atomic E-state index is -4.87. The number of nitrogens with one attached hydrogen (secondary N) is 2. The Morgan fingerprint density at radius 2 is 1.48 bits per heavy atom. The summed E-state index contributed by atoms with van der Waals surface area (Å²) in [4.78, 5) is 33.1. The number of rotatable bonds is 25. The van der Waals surface area contributed by atoms with Crippen LogP contribution in [0.15, 0.2) is 135 Å². The number of aryl methyl sites for hydroxylation is 1. The second-order valence-electron chi connectivity index (χ2n) is 21.0. The van der Waals surface area contributed by atoms with Crippen molar-refractivity contribution in [3.63, 3.8) is 0 Å². The van der Waals surface area contributed by atoms with Gasteiger partial charge in [0.25, 0.3) is 30.4 Å². The topological polar surface area (TPSA) is 346 Å². The van der Waals surface area contributed by atoms with Crippen molar-refractivity contribution in [2.24, 2.45) is 5.11 Å². The second kappa shape index (κ2) is 25.7. The molecule has 0 fully saturated rings. The van der Waals surface area contributed by atoms with Crippen LogP contribution in [0.2, 0.25) is 0 Å². The molecule has 0 bridgehead atoms. The van der Waals surface area contributed by atoms with Gasteiger partial charge in [-0.2, -0.15) is 29.8 Å². The number of carbonyl (C=O) groups is 2. The molecule has 438 valence electrons. The van der Waals surface area contributed by atoms with E-state index in [1.165, 1.54) is 30.5 Å². The first kappa shape index (κ1) is 62.7. The van der Waals surface area contributed by atoms with E-state index in [1.807, 2.05) is 71.9 Å². The maximum Gasteiger partial charge on any atom is 0.294 e. The van der Waals surface area contributed by atoms with Crippen LogP contribution in [0.3, 0.4) is 0 Å². The zero-order valence-corrected chi connectivity index (χ0v) is 49.0. The minimum Gasteiger partial charge on any atom is -0.744 e. The lowest BCUT2D eigenvalue weighted by molar-refractivity contribution is -0.401. The second-order valence-corrected chi connectivity index (χ2v) is 27.0. The molecule has 1 aromatic heterocycles. The molecule has 2 unspecified atom stereocenters. The number of amides is 2. The number of aromatic nitrogens is 1. The standard InChI is InChI=1S/C56H66N8O14S4/c1-55(29-8-32-79(67,68)69)46-34-44(81(73,74)75)22-24-48(46)63(3)50(55)26-18-39-11-7-12-40(19-27-51-56(2,30-9-33-80(70,71)72)47-35-45(82(76,77)78)23-25-49(47)64(51)4)54(39)41-16-14-38(15-17-41)10-5-6-13-52(65)58-31-28-53(66)61-43-21-20-42(59-36-43)37-60-62-57/h14-27,34-36H,5-13,28-33,37H2,1-4H3,(H5-,58,61,65,66,67,68,69,70,71,72,73,74,75,76,77,78). The molecule has 2 amide bonds. The normalized spacial score (nSPS) is 19.4. The number of anilines is 2. The number of hydrogen-bond acceptors (Lipinski definition) is 14. The molecule has 7 rings (SSSR count). The van der Waals surface area contributed by atoms with Crippen molar-refractivity contribution in [3.05, 3.63) is 159 Å². The van der Waals surface area contributed by atoms with Crippen LogP contribution in [0.5, 0.6) is 0 Å². The molecule has 3 heterocycles. The maximum atomic E-state index is 12.7. The third kappa shape index (κ3) is 15.6. The van der Waals surface area contributed by atoms with Crippen molar-refractivity contribution in [2.45, 2.75) is 118 Å². The van der Waals surface area contributed by atoms with Crippen molar-refractivity contribution in [3.8, 4) is 0 Å². The smallest absolute Gasteiger partial charge is 0.294 e.